The summed E-state index contributed by atoms with van der Waals surface area (Å²) in [5.41, 5.74) is 2.61. The van der Waals surface area contributed by atoms with E-state index in [4.69, 9.17) is 4.74 Å². The molecule has 3 heterocycles. The largest absolute Gasteiger partial charge is 0.497 e. The second kappa shape index (κ2) is 6.27. The summed E-state index contributed by atoms with van der Waals surface area (Å²) in [4.78, 5) is 18.4. The molecule has 0 radical (unpaired) electrons. The highest BCUT2D eigenvalue weighted by atomic mass is 16.5. The molecular formula is C19H22N4O2. The molecule has 1 aliphatic heterocycles. The standard InChI is InChI=1S/C19H22N4O2/c1-13-16-11-15(25-2)6-7-17(16)21-18(13)19(24)23-10-3-5-14(23)12-22-9-4-8-20-22/h4,6-9,11,14,21H,3,5,10,12H2,1-2H3. The van der Waals surface area contributed by atoms with E-state index < -0.39 is 0 Å². The summed E-state index contributed by atoms with van der Waals surface area (Å²) < 4.78 is 7.21. The number of nitrogens with one attached hydrogen (secondary N) is 1. The molecule has 130 valence electrons. The zero-order chi connectivity index (χ0) is 17.4. The van der Waals surface area contributed by atoms with Gasteiger partial charge in [-0.1, -0.05) is 0 Å². The lowest BCUT2D eigenvalue weighted by Crippen LogP contribution is -2.38. The summed E-state index contributed by atoms with van der Waals surface area (Å²) in [6.07, 6.45) is 5.77. The summed E-state index contributed by atoms with van der Waals surface area (Å²) in [5.74, 6) is 0.869. The van der Waals surface area contributed by atoms with Crippen molar-refractivity contribution >= 4 is 16.8 Å². The molecule has 1 saturated heterocycles. The fourth-order valence-electron chi connectivity index (χ4n) is 3.71. The van der Waals surface area contributed by atoms with Gasteiger partial charge in [-0.25, -0.2) is 0 Å². The molecule has 25 heavy (non-hydrogen) atoms. The first-order valence-corrected chi connectivity index (χ1v) is 8.62. The van der Waals surface area contributed by atoms with Crippen LogP contribution in [0.2, 0.25) is 0 Å². The van der Waals surface area contributed by atoms with Crippen molar-refractivity contribution in [3.63, 3.8) is 0 Å². The zero-order valence-corrected chi connectivity index (χ0v) is 14.5. The van der Waals surface area contributed by atoms with Gasteiger partial charge in [-0.05, 0) is 49.6 Å². The van der Waals surface area contributed by atoms with Gasteiger partial charge in [-0.15, -0.1) is 0 Å². The van der Waals surface area contributed by atoms with Gasteiger partial charge in [0.15, 0.2) is 0 Å². The lowest BCUT2D eigenvalue weighted by atomic mass is 10.1. The van der Waals surface area contributed by atoms with E-state index in [2.05, 4.69) is 10.1 Å². The van der Waals surface area contributed by atoms with Crippen LogP contribution in [0, 0.1) is 6.92 Å². The molecule has 1 atom stereocenters. The lowest BCUT2D eigenvalue weighted by molar-refractivity contribution is 0.0716. The van der Waals surface area contributed by atoms with Crippen LogP contribution < -0.4 is 4.74 Å². The maximum atomic E-state index is 13.2. The van der Waals surface area contributed by atoms with Crippen LogP contribution in [0.15, 0.2) is 36.7 Å². The summed E-state index contributed by atoms with van der Waals surface area (Å²) in [6, 6.07) is 7.94. The topological polar surface area (TPSA) is 63.2 Å². The molecule has 1 aromatic carbocycles. The van der Waals surface area contributed by atoms with Gasteiger partial charge in [-0.3, -0.25) is 9.48 Å². The van der Waals surface area contributed by atoms with Crippen LogP contribution in [-0.4, -0.2) is 45.3 Å². The van der Waals surface area contributed by atoms with Crippen LogP contribution in [0.5, 0.6) is 5.75 Å². The molecule has 0 saturated carbocycles. The van der Waals surface area contributed by atoms with Gasteiger partial charge in [0.25, 0.3) is 5.91 Å². The van der Waals surface area contributed by atoms with E-state index in [9.17, 15) is 4.79 Å². The Morgan fingerprint density at radius 1 is 1.44 bits per heavy atom. The summed E-state index contributed by atoms with van der Waals surface area (Å²) in [7, 11) is 1.65. The summed E-state index contributed by atoms with van der Waals surface area (Å²) >= 11 is 0. The van der Waals surface area contributed by atoms with E-state index in [-0.39, 0.29) is 11.9 Å². The maximum Gasteiger partial charge on any atom is 0.270 e. The lowest BCUT2D eigenvalue weighted by Gasteiger charge is -2.24. The number of hydrogen-bond acceptors (Lipinski definition) is 3. The van der Waals surface area contributed by atoms with Gasteiger partial charge < -0.3 is 14.6 Å². The first kappa shape index (κ1) is 15.7. The molecule has 6 nitrogen and oxygen atoms in total. The highest BCUT2D eigenvalue weighted by molar-refractivity contribution is 6.01. The number of benzene rings is 1. The van der Waals surface area contributed by atoms with Crippen LogP contribution in [-0.2, 0) is 6.54 Å². The minimum atomic E-state index is 0.0716. The van der Waals surface area contributed by atoms with Crippen LogP contribution in [0.4, 0.5) is 0 Å². The zero-order valence-electron chi connectivity index (χ0n) is 14.5. The Morgan fingerprint density at radius 3 is 3.08 bits per heavy atom. The van der Waals surface area contributed by atoms with Crippen molar-refractivity contribution in [1.82, 2.24) is 19.7 Å². The average Bonchev–Trinajstić information content (AvgIpc) is 3.36. The number of rotatable bonds is 4. The van der Waals surface area contributed by atoms with E-state index in [1.807, 2.05) is 47.0 Å². The third-order valence-electron chi connectivity index (χ3n) is 5.07. The molecule has 0 aliphatic carbocycles. The van der Waals surface area contributed by atoms with Crippen LogP contribution in [0.3, 0.4) is 0 Å². The number of methoxy groups -OCH3 is 1. The normalized spacial score (nSPS) is 17.4. The first-order valence-electron chi connectivity index (χ1n) is 8.62. The van der Waals surface area contributed by atoms with Gasteiger partial charge in [0.1, 0.15) is 11.4 Å². The molecule has 0 spiro atoms. The fraction of sp³-hybridized carbons (Fsp3) is 0.368. The van der Waals surface area contributed by atoms with Crippen LogP contribution in [0.1, 0.15) is 28.9 Å². The molecule has 1 fully saturated rings. The average molecular weight is 338 g/mol. The smallest absolute Gasteiger partial charge is 0.270 e. The number of nitrogens with zero attached hydrogens (tertiary/aromatic N) is 3. The second-order valence-corrected chi connectivity index (χ2v) is 6.56. The molecule has 1 aliphatic rings. The number of carbonyl (C=O) groups is 1. The Balaban J connectivity index is 1.63. The van der Waals surface area contributed by atoms with E-state index in [0.29, 0.717) is 5.69 Å². The predicted molar refractivity (Wildman–Crippen MR) is 95.9 cm³/mol. The third kappa shape index (κ3) is 2.77. The molecule has 6 heteroatoms. The Hall–Kier alpha value is -2.76. The van der Waals surface area contributed by atoms with Crippen LogP contribution in [0.25, 0.3) is 10.9 Å². The number of H-pyrrole nitrogens is 1. The summed E-state index contributed by atoms with van der Waals surface area (Å²) in [5, 5.41) is 5.31. The number of fused-ring (bicyclic) bond motifs is 1. The van der Waals surface area contributed by atoms with E-state index in [0.717, 1.165) is 48.1 Å². The highest BCUT2D eigenvalue weighted by Crippen LogP contribution is 2.28. The number of aromatic amines is 1. The Bertz CT molecular complexity index is 898. The van der Waals surface area contributed by atoms with E-state index in [1.54, 1.807) is 13.3 Å². The van der Waals surface area contributed by atoms with E-state index >= 15 is 0 Å². The number of aromatic nitrogens is 3. The van der Waals surface area contributed by atoms with Gasteiger partial charge in [0.05, 0.1) is 19.7 Å². The van der Waals surface area contributed by atoms with Gasteiger partial charge in [-0.2, -0.15) is 5.10 Å². The SMILES string of the molecule is COc1ccc2[nH]c(C(=O)N3CCCC3Cn3cccn3)c(C)c2c1. The fourth-order valence-corrected chi connectivity index (χ4v) is 3.71. The minimum Gasteiger partial charge on any atom is -0.497 e. The maximum absolute atomic E-state index is 13.2. The third-order valence-corrected chi connectivity index (χ3v) is 5.07. The van der Waals surface area contributed by atoms with Gasteiger partial charge in [0, 0.05) is 29.8 Å². The van der Waals surface area contributed by atoms with Crippen molar-refractivity contribution in [3.8, 4) is 5.75 Å². The first-order chi connectivity index (χ1) is 12.2. The second-order valence-electron chi connectivity index (χ2n) is 6.56. The molecule has 2 aromatic heterocycles. The van der Waals surface area contributed by atoms with Crippen molar-refractivity contribution < 1.29 is 9.53 Å². The van der Waals surface area contributed by atoms with Crippen molar-refractivity contribution in [2.75, 3.05) is 13.7 Å². The molecule has 4 rings (SSSR count). The van der Waals surface area contributed by atoms with Gasteiger partial charge >= 0.3 is 0 Å². The van der Waals surface area contributed by atoms with Gasteiger partial charge in [0.2, 0.25) is 0 Å². The Labute approximate surface area is 146 Å². The highest BCUT2D eigenvalue weighted by Gasteiger charge is 2.31. The number of aryl methyl sites for hydroxylation is 1. The van der Waals surface area contributed by atoms with Crippen molar-refractivity contribution in [3.05, 3.63) is 47.9 Å². The molecule has 1 unspecified atom stereocenters. The number of hydrogen-bond donors (Lipinski definition) is 1. The number of amides is 1. The molecule has 1 amide bonds. The summed E-state index contributed by atoms with van der Waals surface area (Å²) in [6.45, 7) is 3.53. The minimum absolute atomic E-state index is 0.0716. The number of ether oxygens (including phenoxy) is 1. The molecule has 3 aromatic rings. The number of carbonyl (C=O) groups excluding carboxylic acids is 1. The molecule has 0 bridgehead atoms. The number of likely N-dealkylation sites (tertiary alicyclic amines) is 1. The van der Waals surface area contributed by atoms with Crippen molar-refractivity contribution in [1.29, 1.82) is 0 Å². The Kier molecular flexibility index (Phi) is 3.95. The molecular weight excluding hydrogens is 316 g/mol. The van der Waals surface area contributed by atoms with E-state index in [1.165, 1.54) is 0 Å². The Morgan fingerprint density at radius 2 is 2.32 bits per heavy atom. The molecule has 1 N–H and O–H groups in total. The quantitative estimate of drug-likeness (QED) is 0.795. The van der Waals surface area contributed by atoms with Crippen molar-refractivity contribution in [2.24, 2.45) is 0 Å². The van der Waals surface area contributed by atoms with Crippen LogP contribution >= 0.6 is 0 Å². The monoisotopic (exact) mass is 338 g/mol. The predicted octanol–water partition coefficient (Wildman–Crippen LogP) is 2.99. The van der Waals surface area contributed by atoms with Crippen molar-refractivity contribution in [2.45, 2.75) is 32.4 Å².